The molecule has 0 radical (unpaired) electrons. The van der Waals surface area contributed by atoms with Gasteiger partial charge in [-0.05, 0) is 30.3 Å². The fourth-order valence-electron chi connectivity index (χ4n) is 2.72. The minimum atomic E-state index is -0.224. The van der Waals surface area contributed by atoms with Crippen LogP contribution in [0.3, 0.4) is 0 Å². The van der Waals surface area contributed by atoms with Crippen molar-refractivity contribution in [1.29, 1.82) is 0 Å². The zero-order chi connectivity index (χ0) is 19.4. The molecule has 2 N–H and O–H groups in total. The summed E-state index contributed by atoms with van der Waals surface area (Å²) in [4.78, 5) is 38.3. The molecule has 3 amide bonds. The van der Waals surface area contributed by atoms with Crippen molar-refractivity contribution in [3.63, 3.8) is 0 Å². The number of thioether (sulfide) groups is 1. The predicted molar refractivity (Wildman–Crippen MR) is 109 cm³/mol. The van der Waals surface area contributed by atoms with Crippen molar-refractivity contribution < 1.29 is 14.4 Å². The summed E-state index contributed by atoms with van der Waals surface area (Å²) in [5, 5.41) is 5.70. The molecule has 0 saturated carbocycles. The first-order valence-electron chi connectivity index (χ1n) is 8.33. The summed E-state index contributed by atoms with van der Waals surface area (Å²) in [5.74, 6) is -0.0758. The molecule has 0 bridgehead atoms. The van der Waals surface area contributed by atoms with Crippen LogP contribution in [0.4, 0.5) is 17.1 Å². The van der Waals surface area contributed by atoms with Gasteiger partial charge in [-0.2, -0.15) is 0 Å². The molecule has 1 aliphatic rings. The SMILES string of the molecule is CC(=O)Nc1ccc(NC(=O)CCN2C(=O)CSc3ccccc32)cc1Cl. The normalized spacial score (nSPS) is 13.1. The molecule has 27 heavy (non-hydrogen) atoms. The van der Waals surface area contributed by atoms with E-state index in [1.807, 2.05) is 24.3 Å². The van der Waals surface area contributed by atoms with E-state index in [0.29, 0.717) is 28.7 Å². The van der Waals surface area contributed by atoms with Gasteiger partial charge in [0.1, 0.15) is 0 Å². The Morgan fingerprint density at radius 2 is 1.96 bits per heavy atom. The van der Waals surface area contributed by atoms with Crippen LogP contribution in [0.25, 0.3) is 0 Å². The second-order valence-electron chi connectivity index (χ2n) is 5.98. The predicted octanol–water partition coefficient (Wildman–Crippen LogP) is 3.77. The highest BCUT2D eigenvalue weighted by Crippen LogP contribution is 2.35. The Morgan fingerprint density at radius 1 is 1.19 bits per heavy atom. The molecule has 0 saturated heterocycles. The molecule has 0 unspecified atom stereocenters. The first kappa shape index (κ1) is 19.3. The summed E-state index contributed by atoms with van der Waals surface area (Å²) in [7, 11) is 0. The molecule has 0 aromatic heterocycles. The monoisotopic (exact) mass is 403 g/mol. The number of halogens is 1. The van der Waals surface area contributed by atoms with Gasteiger partial charge < -0.3 is 15.5 Å². The molecule has 0 atom stereocenters. The maximum Gasteiger partial charge on any atom is 0.237 e. The molecule has 0 spiro atoms. The van der Waals surface area contributed by atoms with Crippen LogP contribution in [0.5, 0.6) is 0 Å². The van der Waals surface area contributed by atoms with Crippen molar-refractivity contribution >= 4 is 58.1 Å². The average Bonchev–Trinajstić information content (AvgIpc) is 2.63. The van der Waals surface area contributed by atoms with Crippen LogP contribution in [-0.2, 0) is 14.4 Å². The van der Waals surface area contributed by atoms with Gasteiger partial charge in [-0.25, -0.2) is 0 Å². The second kappa shape index (κ2) is 8.45. The summed E-state index contributed by atoms with van der Waals surface area (Å²) < 4.78 is 0. The van der Waals surface area contributed by atoms with Crippen molar-refractivity contribution in [3.8, 4) is 0 Å². The van der Waals surface area contributed by atoms with Crippen LogP contribution < -0.4 is 15.5 Å². The zero-order valence-electron chi connectivity index (χ0n) is 14.6. The van der Waals surface area contributed by atoms with Crippen molar-refractivity contribution in [2.24, 2.45) is 0 Å². The van der Waals surface area contributed by atoms with Crippen LogP contribution in [0.15, 0.2) is 47.4 Å². The number of anilines is 3. The minimum Gasteiger partial charge on any atom is -0.326 e. The highest BCUT2D eigenvalue weighted by molar-refractivity contribution is 8.00. The van der Waals surface area contributed by atoms with Crippen molar-refractivity contribution in [3.05, 3.63) is 47.5 Å². The highest BCUT2D eigenvalue weighted by Gasteiger charge is 2.24. The first-order valence-corrected chi connectivity index (χ1v) is 9.69. The summed E-state index contributed by atoms with van der Waals surface area (Å²) in [5.41, 5.74) is 1.85. The van der Waals surface area contributed by atoms with Crippen molar-refractivity contribution in [2.45, 2.75) is 18.2 Å². The van der Waals surface area contributed by atoms with Gasteiger partial charge in [0, 0.05) is 30.5 Å². The van der Waals surface area contributed by atoms with Gasteiger partial charge >= 0.3 is 0 Å². The number of hydrogen-bond acceptors (Lipinski definition) is 4. The summed E-state index contributed by atoms with van der Waals surface area (Å²) >= 11 is 7.62. The van der Waals surface area contributed by atoms with E-state index < -0.39 is 0 Å². The number of benzene rings is 2. The number of para-hydroxylation sites is 1. The molecule has 8 heteroatoms. The molecule has 0 fully saturated rings. The third-order valence-corrected chi connectivity index (χ3v) is 5.29. The van der Waals surface area contributed by atoms with Crippen LogP contribution in [0.1, 0.15) is 13.3 Å². The van der Waals surface area contributed by atoms with Gasteiger partial charge in [0.05, 0.1) is 22.2 Å². The third-order valence-electron chi connectivity index (χ3n) is 3.93. The standard InChI is InChI=1S/C19H18ClN3O3S/c1-12(24)21-15-7-6-13(10-14(15)20)22-18(25)8-9-23-16-4-2-3-5-17(16)27-11-19(23)26/h2-7,10H,8-9,11H2,1H3,(H,21,24)(H,22,25). The number of nitrogens with zero attached hydrogens (tertiary/aromatic N) is 1. The summed E-state index contributed by atoms with van der Waals surface area (Å²) in [6, 6.07) is 12.5. The summed E-state index contributed by atoms with van der Waals surface area (Å²) in [6.07, 6.45) is 0.163. The van der Waals surface area contributed by atoms with Gasteiger partial charge in [0.2, 0.25) is 17.7 Å². The largest absolute Gasteiger partial charge is 0.326 e. The third kappa shape index (κ3) is 4.81. The molecule has 2 aromatic rings. The van der Waals surface area contributed by atoms with Gasteiger partial charge in [-0.3, -0.25) is 14.4 Å². The van der Waals surface area contributed by atoms with Gasteiger partial charge in [-0.1, -0.05) is 23.7 Å². The first-order chi connectivity index (χ1) is 12.9. The Bertz CT molecular complexity index is 904. The molecular formula is C19H18ClN3O3S. The molecule has 140 valence electrons. The Balaban J connectivity index is 1.61. The van der Waals surface area contributed by atoms with Crippen LogP contribution >= 0.6 is 23.4 Å². The van der Waals surface area contributed by atoms with Crippen LogP contribution in [0.2, 0.25) is 5.02 Å². The maximum absolute atomic E-state index is 12.3. The Morgan fingerprint density at radius 3 is 2.70 bits per heavy atom. The van der Waals surface area contributed by atoms with E-state index in [4.69, 9.17) is 11.6 Å². The van der Waals surface area contributed by atoms with Crippen molar-refractivity contribution in [1.82, 2.24) is 0 Å². The smallest absolute Gasteiger partial charge is 0.237 e. The van der Waals surface area contributed by atoms with Crippen molar-refractivity contribution in [2.75, 3.05) is 27.8 Å². The Kier molecular flexibility index (Phi) is 6.03. The van der Waals surface area contributed by atoms with E-state index in [-0.39, 0.29) is 24.1 Å². The fraction of sp³-hybridized carbons (Fsp3) is 0.211. The van der Waals surface area contributed by atoms with E-state index in [0.717, 1.165) is 10.6 Å². The molecule has 6 nitrogen and oxygen atoms in total. The van der Waals surface area contributed by atoms with Crippen LogP contribution in [0, 0.1) is 0 Å². The lowest BCUT2D eigenvalue weighted by Crippen LogP contribution is -2.37. The number of carbonyl (C=O) groups is 3. The maximum atomic E-state index is 12.3. The highest BCUT2D eigenvalue weighted by atomic mass is 35.5. The fourth-order valence-corrected chi connectivity index (χ4v) is 3.88. The zero-order valence-corrected chi connectivity index (χ0v) is 16.2. The molecular weight excluding hydrogens is 386 g/mol. The number of nitrogens with one attached hydrogen (secondary N) is 2. The lowest BCUT2D eigenvalue weighted by molar-refractivity contribution is -0.117. The number of rotatable bonds is 5. The summed E-state index contributed by atoms with van der Waals surface area (Å²) in [6.45, 7) is 1.70. The topological polar surface area (TPSA) is 78.5 Å². The van der Waals surface area contributed by atoms with Gasteiger partial charge in [0.25, 0.3) is 0 Å². The lowest BCUT2D eigenvalue weighted by Gasteiger charge is -2.28. The number of carbonyl (C=O) groups excluding carboxylic acids is 3. The molecule has 2 aromatic carbocycles. The molecule has 3 rings (SSSR count). The van der Waals surface area contributed by atoms with E-state index in [1.54, 1.807) is 23.1 Å². The van der Waals surface area contributed by atoms with Gasteiger partial charge in [0.15, 0.2) is 0 Å². The number of amides is 3. The lowest BCUT2D eigenvalue weighted by atomic mass is 10.2. The number of hydrogen-bond donors (Lipinski definition) is 2. The van der Waals surface area contributed by atoms with E-state index >= 15 is 0 Å². The molecule has 1 heterocycles. The van der Waals surface area contributed by atoms with Gasteiger partial charge in [-0.15, -0.1) is 11.8 Å². The average molecular weight is 404 g/mol. The quantitative estimate of drug-likeness (QED) is 0.796. The van der Waals surface area contributed by atoms with E-state index in [9.17, 15) is 14.4 Å². The van der Waals surface area contributed by atoms with E-state index in [1.165, 1.54) is 18.7 Å². The Labute approximate surface area is 166 Å². The Hall–Kier alpha value is -2.51. The number of fused-ring (bicyclic) bond motifs is 1. The minimum absolute atomic E-state index is 0.00537. The van der Waals surface area contributed by atoms with E-state index in [2.05, 4.69) is 10.6 Å². The molecule has 1 aliphatic heterocycles. The van der Waals surface area contributed by atoms with Crippen LogP contribution in [-0.4, -0.2) is 30.0 Å². The molecule has 0 aliphatic carbocycles. The second-order valence-corrected chi connectivity index (χ2v) is 7.40.